The van der Waals surface area contributed by atoms with Crippen LogP contribution in [0.1, 0.15) is 0 Å². The van der Waals surface area contributed by atoms with Gasteiger partial charge in [-0.25, -0.2) is 0 Å². The van der Waals surface area contributed by atoms with Crippen LogP contribution in [0.5, 0.6) is 0 Å². The molecule has 0 spiro atoms. The number of benzene rings is 9. The lowest BCUT2D eigenvalue weighted by Gasteiger charge is -2.14. The van der Waals surface area contributed by atoms with Crippen LogP contribution in [0.25, 0.3) is 76.1 Å². The summed E-state index contributed by atoms with van der Waals surface area (Å²) in [6, 6.07) is 60.6. The Labute approximate surface area is 285 Å². The van der Waals surface area contributed by atoms with Crippen LogP contribution < -0.4 is 0 Å². The van der Waals surface area contributed by atoms with E-state index in [2.05, 4.69) is 202 Å². The molecule has 0 aliphatic rings. The Hall–Kier alpha value is -4.76. The van der Waals surface area contributed by atoms with Crippen molar-refractivity contribution in [1.29, 1.82) is 0 Å². The molecule has 46 heavy (non-hydrogen) atoms. The Morgan fingerprint density at radius 1 is 0.304 bits per heavy atom. The van der Waals surface area contributed by atoms with Crippen molar-refractivity contribution >= 4 is 85.7 Å². The first-order chi connectivity index (χ1) is 22.7. The lowest BCUT2D eigenvalue weighted by atomic mass is 9.90. The van der Waals surface area contributed by atoms with Gasteiger partial charge in [-0.15, -0.1) is 0 Å². The van der Waals surface area contributed by atoms with Crippen molar-refractivity contribution in [2.75, 3.05) is 0 Å². The lowest BCUT2D eigenvalue weighted by Crippen LogP contribution is -1.88. The minimum atomic E-state index is 1.10. The maximum absolute atomic E-state index is 3.63. The summed E-state index contributed by atoms with van der Waals surface area (Å²) in [5, 5.41) is 13.1. The summed E-state index contributed by atoms with van der Waals surface area (Å²) in [6.45, 7) is 0. The minimum Gasteiger partial charge on any atom is -0.0622 e. The molecule has 0 atom stereocenters. The molecule has 0 aromatic heterocycles. The van der Waals surface area contributed by atoms with Gasteiger partial charge < -0.3 is 0 Å². The van der Waals surface area contributed by atoms with Gasteiger partial charge in [0.15, 0.2) is 0 Å². The predicted octanol–water partition coefficient (Wildman–Crippen LogP) is 14.0. The molecule has 9 aromatic carbocycles. The molecule has 0 heterocycles. The second-order valence-corrected chi connectivity index (χ2v) is 13.4. The van der Waals surface area contributed by atoms with Gasteiger partial charge in [0.1, 0.15) is 0 Å². The van der Waals surface area contributed by atoms with Crippen molar-refractivity contribution in [1.82, 2.24) is 0 Å². The standard InChI is InChI=1S/C22H13Br.C22H15Br/c23-15-10-12-20-21(13-15)18-8-4-3-7-17(18)19-11-9-14-5-1-2-6-16(14)22(19)20;23-19-13-10-18(11-14-19)22-20-9-5-4-8-17(20)12-15-21(22)16-6-2-1-3-7-16/h1-13H;1-15H. The fourth-order valence-corrected chi connectivity index (χ4v) is 7.38. The van der Waals surface area contributed by atoms with E-state index in [0.29, 0.717) is 0 Å². The SMILES string of the molecule is Brc1ccc(-c2c(-c3ccccc3)ccc3ccccc23)cc1.Brc1ccc2c(c1)c1ccccc1c1ccc3ccccc3c12. The van der Waals surface area contributed by atoms with E-state index >= 15 is 0 Å². The molecule has 0 nitrogen and oxygen atoms in total. The molecule has 0 unspecified atom stereocenters. The minimum absolute atomic E-state index is 1.10. The molecule has 0 bridgehead atoms. The quantitative estimate of drug-likeness (QED) is 0.156. The van der Waals surface area contributed by atoms with E-state index < -0.39 is 0 Å². The Morgan fingerprint density at radius 2 is 0.826 bits per heavy atom. The highest BCUT2D eigenvalue weighted by molar-refractivity contribution is 9.10. The first-order valence-corrected chi connectivity index (χ1v) is 17.0. The molecule has 0 radical (unpaired) electrons. The first-order valence-electron chi connectivity index (χ1n) is 15.4. The van der Waals surface area contributed by atoms with Gasteiger partial charge in [0.25, 0.3) is 0 Å². The van der Waals surface area contributed by atoms with Gasteiger partial charge in [-0.05, 0) is 100 Å². The average Bonchev–Trinajstić information content (AvgIpc) is 3.12. The van der Waals surface area contributed by atoms with Crippen LogP contribution in [0.4, 0.5) is 0 Å². The van der Waals surface area contributed by atoms with Crippen LogP contribution in [0.3, 0.4) is 0 Å². The van der Waals surface area contributed by atoms with Crippen molar-refractivity contribution < 1.29 is 0 Å². The maximum Gasteiger partial charge on any atom is 0.0181 e. The van der Waals surface area contributed by atoms with Crippen LogP contribution >= 0.6 is 31.9 Å². The normalized spacial score (nSPS) is 11.3. The van der Waals surface area contributed by atoms with Crippen molar-refractivity contribution in [2.24, 2.45) is 0 Å². The third-order valence-corrected chi connectivity index (χ3v) is 9.86. The Kier molecular flexibility index (Phi) is 7.62. The van der Waals surface area contributed by atoms with Crippen LogP contribution in [0.2, 0.25) is 0 Å². The topological polar surface area (TPSA) is 0 Å². The third-order valence-electron chi connectivity index (χ3n) is 8.83. The van der Waals surface area contributed by atoms with Crippen molar-refractivity contribution in [2.45, 2.75) is 0 Å². The van der Waals surface area contributed by atoms with Gasteiger partial charge in [0, 0.05) is 8.95 Å². The molecule has 218 valence electrons. The molecule has 0 amide bonds. The van der Waals surface area contributed by atoms with Gasteiger partial charge >= 0.3 is 0 Å². The van der Waals surface area contributed by atoms with E-state index in [1.807, 2.05) is 0 Å². The summed E-state index contributed by atoms with van der Waals surface area (Å²) in [4.78, 5) is 0. The van der Waals surface area contributed by atoms with Crippen molar-refractivity contribution in [3.8, 4) is 22.3 Å². The molecule has 0 fully saturated rings. The fourth-order valence-electron chi connectivity index (χ4n) is 6.75. The monoisotopic (exact) mass is 714 g/mol. The highest BCUT2D eigenvalue weighted by Crippen LogP contribution is 2.40. The Bertz CT molecular complexity index is 2530. The second kappa shape index (κ2) is 12.2. The van der Waals surface area contributed by atoms with E-state index in [-0.39, 0.29) is 0 Å². The molecule has 0 aliphatic heterocycles. The fraction of sp³-hybridized carbons (Fsp3) is 0. The van der Waals surface area contributed by atoms with E-state index in [4.69, 9.17) is 0 Å². The van der Waals surface area contributed by atoms with Gasteiger partial charge in [0.05, 0.1) is 0 Å². The Morgan fingerprint density at radius 3 is 1.57 bits per heavy atom. The summed E-state index contributed by atoms with van der Waals surface area (Å²) in [5.74, 6) is 0. The van der Waals surface area contributed by atoms with Crippen LogP contribution in [-0.2, 0) is 0 Å². The number of hydrogen-bond acceptors (Lipinski definition) is 0. The third kappa shape index (κ3) is 5.18. The molecular weight excluding hydrogens is 688 g/mol. The molecule has 2 heteroatoms. The highest BCUT2D eigenvalue weighted by Gasteiger charge is 2.13. The summed E-state index contributed by atoms with van der Waals surface area (Å²) in [7, 11) is 0. The predicted molar refractivity (Wildman–Crippen MR) is 207 cm³/mol. The van der Waals surface area contributed by atoms with E-state index in [1.54, 1.807) is 0 Å². The summed E-state index contributed by atoms with van der Waals surface area (Å²) >= 11 is 7.16. The average molecular weight is 717 g/mol. The zero-order valence-corrected chi connectivity index (χ0v) is 28.1. The smallest absolute Gasteiger partial charge is 0.0181 e. The number of halogens is 2. The molecule has 0 saturated heterocycles. The maximum atomic E-state index is 3.63. The largest absolute Gasteiger partial charge is 0.0622 e. The van der Waals surface area contributed by atoms with Crippen LogP contribution in [0.15, 0.2) is 179 Å². The van der Waals surface area contributed by atoms with Crippen LogP contribution in [0, 0.1) is 0 Å². The molecular formula is C44H28Br2. The summed E-state index contributed by atoms with van der Waals surface area (Å²) in [5.41, 5.74) is 5.05. The lowest BCUT2D eigenvalue weighted by molar-refractivity contribution is 1.59. The molecule has 0 aliphatic carbocycles. The Balaban J connectivity index is 0.000000136. The number of rotatable bonds is 2. The highest BCUT2D eigenvalue weighted by atomic mass is 79.9. The van der Waals surface area contributed by atoms with Gasteiger partial charge in [0.2, 0.25) is 0 Å². The molecule has 0 saturated carbocycles. The van der Waals surface area contributed by atoms with Gasteiger partial charge in [-0.3, -0.25) is 0 Å². The van der Waals surface area contributed by atoms with Crippen LogP contribution in [-0.4, -0.2) is 0 Å². The van der Waals surface area contributed by atoms with E-state index in [1.165, 1.54) is 76.1 Å². The van der Waals surface area contributed by atoms with E-state index in [0.717, 1.165) is 8.95 Å². The van der Waals surface area contributed by atoms with Crippen molar-refractivity contribution in [3.05, 3.63) is 179 Å². The molecule has 9 aromatic rings. The van der Waals surface area contributed by atoms with E-state index in [9.17, 15) is 0 Å². The first kappa shape index (κ1) is 28.7. The zero-order chi connectivity index (χ0) is 31.0. The van der Waals surface area contributed by atoms with Gasteiger partial charge in [-0.2, -0.15) is 0 Å². The van der Waals surface area contributed by atoms with Crippen molar-refractivity contribution in [3.63, 3.8) is 0 Å². The zero-order valence-electron chi connectivity index (χ0n) is 24.9. The summed E-state index contributed by atoms with van der Waals surface area (Å²) in [6.07, 6.45) is 0. The summed E-state index contributed by atoms with van der Waals surface area (Å²) < 4.78 is 2.22. The number of fused-ring (bicyclic) bond motifs is 9. The second-order valence-electron chi connectivity index (χ2n) is 11.5. The molecule has 9 rings (SSSR count). The van der Waals surface area contributed by atoms with Gasteiger partial charge in [-0.1, -0.05) is 177 Å². The number of hydrogen-bond donors (Lipinski definition) is 0. The molecule has 0 N–H and O–H groups in total.